The van der Waals surface area contributed by atoms with Crippen molar-refractivity contribution < 1.29 is 0 Å². The Labute approximate surface area is 154 Å². The maximum Gasteiger partial charge on any atom is 0.220 e. The van der Waals surface area contributed by atoms with Gasteiger partial charge in [0, 0.05) is 12.4 Å². The van der Waals surface area contributed by atoms with Gasteiger partial charge in [0.05, 0.1) is 27.5 Å². The van der Waals surface area contributed by atoms with Crippen LogP contribution in [0, 0.1) is 4.77 Å². The van der Waals surface area contributed by atoms with E-state index < -0.39 is 0 Å². The molecular weight excluding hydrogens is 365 g/mol. The lowest BCUT2D eigenvalue weighted by molar-refractivity contribution is 0.564. The molecule has 0 saturated carbocycles. The Morgan fingerprint density at radius 3 is 2.75 bits per heavy atom. The standard InChI is InChI=1S/C16H15Cl2N5S/c1-2-13(9-3-4-10(17)11(18)7-9)23-14(8-21-16(23)24)12-5-6-20-15(19)22-12/h3-8,13H,2H2,1H3,(H,21,24)(H2,19,20,22). The normalized spacial score (nSPS) is 12.3. The van der Waals surface area contributed by atoms with Gasteiger partial charge in [-0.25, -0.2) is 9.97 Å². The Bertz CT molecular complexity index is 934. The van der Waals surface area contributed by atoms with Gasteiger partial charge in [-0.15, -0.1) is 0 Å². The topological polar surface area (TPSA) is 72.5 Å². The molecular formula is C16H15Cl2N5S. The second-order valence-corrected chi connectivity index (χ2v) is 6.45. The van der Waals surface area contributed by atoms with E-state index in [0.29, 0.717) is 20.5 Å². The third kappa shape index (κ3) is 3.17. The molecule has 2 heterocycles. The highest BCUT2D eigenvalue weighted by Gasteiger charge is 2.19. The van der Waals surface area contributed by atoms with Crippen molar-refractivity contribution in [1.29, 1.82) is 0 Å². The second kappa shape index (κ2) is 6.93. The molecule has 0 spiro atoms. The Kier molecular flexibility index (Phi) is 4.89. The molecule has 1 aromatic carbocycles. The van der Waals surface area contributed by atoms with Crippen molar-refractivity contribution in [2.75, 3.05) is 5.73 Å². The van der Waals surface area contributed by atoms with E-state index in [9.17, 15) is 0 Å². The van der Waals surface area contributed by atoms with E-state index in [1.54, 1.807) is 18.3 Å². The molecule has 0 aliphatic heterocycles. The SMILES string of the molecule is CCC(c1ccc(Cl)c(Cl)c1)n1c(-c2ccnc(N)n2)c[nH]c1=S. The van der Waals surface area contributed by atoms with E-state index in [-0.39, 0.29) is 12.0 Å². The molecule has 0 bridgehead atoms. The molecule has 1 unspecified atom stereocenters. The molecule has 5 nitrogen and oxygen atoms in total. The summed E-state index contributed by atoms with van der Waals surface area (Å²) >= 11 is 17.7. The van der Waals surface area contributed by atoms with Gasteiger partial charge >= 0.3 is 0 Å². The highest BCUT2D eigenvalue weighted by Crippen LogP contribution is 2.32. The minimum absolute atomic E-state index is 0.00953. The van der Waals surface area contributed by atoms with Crippen LogP contribution in [0.25, 0.3) is 11.4 Å². The number of rotatable bonds is 4. The fourth-order valence-electron chi connectivity index (χ4n) is 2.69. The fourth-order valence-corrected chi connectivity index (χ4v) is 3.28. The summed E-state index contributed by atoms with van der Waals surface area (Å²) in [6, 6.07) is 7.40. The molecule has 24 heavy (non-hydrogen) atoms. The zero-order chi connectivity index (χ0) is 17.3. The number of aromatic nitrogens is 4. The predicted octanol–water partition coefficient (Wildman–Crippen LogP) is 4.89. The molecule has 0 saturated heterocycles. The molecule has 3 rings (SSSR count). The van der Waals surface area contributed by atoms with E-state index in [1.165, 1.54) is 0 Å². The number of aromatic amines is 1. The first-order valence-electron chi connectivity index (χ1n) is 7.35. The van der Waals surface area contributed by atoms with Gasteiger partial charge in [-0.05, 0) is 42.4 Å². The molecule has 3 aromatic rings. The van der Waals surface area contributed by atoms with Crippen LogP contribution in [0.3, 0.4) is 0 Å². The minimum atomic E-state index is -0.00953. The zero-order valence-electron chi connectivity index (χ0n) is 12.8. The van der Waals surface area contributed by atoms with Gasteiger partial charge in [0.25, 0.3) is 0 Å². The predicted molar refractivity (Wildman–Crippen MR) is 99.9 cm³/mol. The van der Waals surface area contributed by atoms with Gasteiger partial charge in [-0.1, -0.05) is 36.2 Å². The van der Waals surface area contributed by atoms with Crippen LogP contribution in [0.15, 0.2) is 36.7 Å². The van der Waals surface area contributed by atoms with Gasteiger partial charge in [0.15, 0.2) is 4.77 Å². The summed E-state index contributed by atoms with van der Waals surface area (Å²) < 4.78 is 2.61. The monoisotopic (exact) mass is 379 g/mol. The number of imidazole rings is 1. The van der Waals surface area contributed by atoms with Crippen LogP contribution in [0.1, 0.15) is 24.9 Å². The lowest BCUT2D eigenvalue weighted by Gasteiger charge is -2.20. The third-order valence-corrected chi connectivity index (χ3v) is 4.83. The van der Waals surface area contributed by atoms with Crippen molar-refractivity contribution >= 4 is 41.4 Å². The largest absolute Gasteiger partial charge is 0.368 e. The minimum Gasteiger partial charge on any atom is -0.368 e. The first-order valence-corrected chi connectivity index (χ1v) is 8.51. The molecule has 1 atom stereocenters. The summed E-state index contributed by atoms with van der Waals surface area (Å²) in [5, 5.41) is 1.04. The summed E-state index contributed by atoms with van der Waals surface area (Å²) in [5.41, 5.74) is 8.27. The van der Waals surface area contributed by atoms with Crippen LogP contribution in [0.4, 0.5) is 5.95 Å². The number of nitrogens with two attached hydrogens (primary N) is 1. The van der Waals surface area contributed by atoms with Crippen molar-refractivity contribution in [1.82, 2.24) is 19.5 Å². The lowest BCUT2D eigenvalue weighted by atomic mass is 10.0. The van der Waals surface area contributed by atoms with Crippen molar-refractivity contribution in [2.45, 2.75) is 19.4 Å². The first kappa shape index (κ1) is 17.0. The highest BCUT2D eigenvalue weighted by atomic mass is 35.5. The molecule has 0 fully saturated rings. The van der Waals surface area contributed by atoms with E-state index >= 15 is 0 Å². The average molecular weight is 380 g/mol. The Morgan fingerprint density at radius 2 is 2.08 bits per heavy atom. The Hall–Kier alpha value is -1.89. The second-order valence-electron chi connectivity index (χ2n) is 5.25. The number of nitrogens with one attached hydrogen (secondary N) is 1. The molecule has 0 amide bonds. The molecule has 0 aliphatic carbocycles. The van der Waals surface area contributed by atoms with Gasteiger partial charge in [0.1, 0.15) is 0 Å². The lowest BCUT2D eigenvalue weighted by Crippen LogP contribution is -2.12. The number of nitrogens with zero attached hydrogens (tertiary/aromatic N) is 3. The molecule has 8 heteroatoms. The Morgan fingerprint density at radius 1 is 1.29 bits per heavy atom. The first-order chi connectivity index (χ1) is 11.5. The van der Waals surface area contributed by atoms with E-state index in [0.717, 1.165) is 17.7 Å². The Balaban J connectivity index is 2.15. The van der Waals surface area contributed by atoms with Crippen LogP contribution in [0.2, 0.25) is 10.0 Å². The molecule has 0 aliphatic rings. The zero-order valence-corrected chi connectivity index (χ0v) is 15.2. The third-order valence-electron chi connectivity index (χ3n) is 3.77. The fraction of sp³-hybridized carbons (Fsp3) is 0.188. The van der Waals surface area contributed by atoms with Gasteiger partial charge < -0.3 is 15.3 Å². The van der Waals surface area contributed by atoms with E-state index in [4.69, 9.17) is 41.2 Å². The van der Waals surface area contributed by atoms with Gasteiger partial charge in [0.2, 0.25) is 5.95 Å². The van der Waals surface area contributed by atoms with Gasteiger partial charge in [-0.3, -0.25) is 0 Å². The number of anilines is 1. The van der Waals surface area contributed by atoms with E-state index in [2.05, 4.69) is 21.9 Å². The number of nitrogen functional groups attached to an aromatic ring is 1. The summed E-state index contributed by atoms with van der Waals surface area (Å²) in [6.07, 6.45) is 4.26. The molecule has 124 valence electrons. The summed E-state index contributed by atoms with van der Waals surface area (Å²) in [7, 11) is 0. The van der Waals surface area contributed by atoms with Crippen molar-refractivity contribution in [3.63, 3.8) is 0 Å². The molecule has 2 aromatic heterocycles. The molecule has 0 radical (unpaired) electrons. The summed E-state index contributed by atoms with van der Waals surface area (Å²) in [5.74, 6) is 0.216. The van der Waals surface area contributed by atoms with Crippen LogP contribution in [-0.4, -0.2) is 19.5 Å². The van der Waals surface area contributed by atoms with Crippen molar-refractivity contribution in [3.8, 4) is 11.4 Å². The average Bonchev–Trinajstić information content (AvgIpc) is 2.93. The van der Waals surface area contributed by atoms with Crippen LogP contribution in [-0.2, 0) is 0 Å². The van der Waals surface area contributed by atoms with Crippen LogP contribution in [0.5, 0.6) is 0 Å². The summed E-state index contributed by atoms with van der Waals surface area (Å²) in [6.45, 7) is 2.08. The maximum atomic E-state index is 6.18. The van der Waals surface area contributed by atoms with Crippen LogP contribution < -0.4 is 5.73 Å². The molecule has 3 N–H and O–H groups in total. The summed E-state index contributed by atoms with van der Waals surface area (Å²) in [4.78, 5) is 11.3. The number of hydrogen-bond acceptors (Lipinski definition) is 4. The van der Waals surface area contributed by atoms with Crippen molar-refractivity contribution in [2.24, 2.45) is 0 Å². The van der Waals surface area contributed by atoms with Gasteiger partial charge in [-0.2, -0.15) is 0 Å². The van der Waals surface area contributed by atoms with E-state index in [1.807, 2.05) is 22.9 Å². The van der Waals surface area contributed by atoms with Crippen molar-refractivity contribution in [3.05, 3.63) is 57.0 Å². The quantitative estimate of drug-likeness (QED) is 0.632. The smallest absolute Gasteiger partial charge is 0.220 e. The number of halogens is 2. The number of H-pyrrole nitrogens is 1. The highest BCUT2D eigenvalue weighted by molar-refractivity contribution is 7.71. The number of benzene rings is 1. The maximum absolute atomic E-state index is 6.18. The number of hydrogen-bond donors (Lipinski definition) is 2. The van der Waals surface area contributed by atoms with Crippen LogP contribution >= 0.6 is 35.4 Å².